The number of carbonyl (C=O) groups excluding carboxylic acids is 2. The molecule has 0 unspecified atom stereocenters. The zero-order valence-corrected chi connectivity index (χ0v) is 16.4. The van der Waals surface area contributed by atoms with Crippen LogP contribution >= 0.6 is 0 Å². The highest BCUT2D eigenvalue weighted by atomic mass is 16.2. The van der Waals surface area contributed by atoms with Crippen molar-refractivity contribution in [3.63, 3.8) is 0 Å². The summed E-state index contributed by atoms with van der Waals surface area (Å²) in [5, 5.41) is 9.48. The first-order valence-electron chi connectivity index (χ1n) is 9.74. The minimum absolute atomic E-state index is 0.0635. The number of amides is 2. The van der Waals surface area contributed by atoms with E-state index in [1.165, 1.54) is 5.56 Å². The molecule has 2 heterocycles. The van der Waals surface area contributed by atoms with Gasteiger partial charge in [0.15, 0.2) is 0 Å². The van der Waals surface area contributed by atoms with Gasteiger partial charge in [0.2, 0.25) is 5.91 Å². The molecule has 0 aromatic heterocycles. The summed E-state index contributed by atoms with van der Waals surface area (Å²) in [5.74, 6) is -0.135. The van der Waals surface area contributed by atoms with Crippen molar-refractivity contribution in [3.05, 3.63) is 47.7 Å². The second kappa shape index (κ2) is 9.38. The molecule has 2 aliphatic heterocycles. The first kappa shape index (κ1) is 19.9. The van der Waals surface area contributed by atoms with Crippen molar-refractivity contribution in [2.75, 3.05) is 52.4 Å². The zero-order valence-electron chi connectivity index (χ0n) is 16.4. The third-order valence-electron chi connectivity index (χ3n) is 5.33. The van der Waals surface area contributed by atoms with E-state index in [1.54, 1.807) is 22.9 Å². The monoisotopic (exact) mass is 381 g/mol. The number of nitrogens with zero attached hydrogens (tertiary/aromatic N) is 5. The second-order valence-electron chi connectivity index (χ2n) is 7.25. The molecular weight excluding hydrogens is 354 g/mol. The quantitative estimate of drug-likeness (QED) is 0.573. The lowest BCUT2D eigenvalue weighted by Crippen LogP contribution is -2.49. The molecule has 2 saturated heterocycles. The third-order valence-corrected chi connectivity index (χ3v) is 5.33. The van der Waals surface area contributed by atoms with Crippen LogP contribution < -0.4 is 0 Å². The van der Waals surface area contributed by atoms with Crippen LogP contribution in [-0.2, 0) is 16.1 Å². The number of carbonyl (C=O) groups is 2. The van der Waals surface area contributed by atoms with E-state index >= 15 is 0 Å². The molecule has 2 aliphatic rings. The largest absolute Gasteiger partial charge is 0.373 e. The first-order chi connectivity index (χ1) is 13.6. The van der Waals surface area contributed by atoms with Crippen molar-refractivity contribution in [1.29, 1.82) is 5.26 Å². The summed E-state index contributed by atoms with van der Waals surface area (Å²) in [7, 11) is 0. The highest BCUT2D eigenvalue weighted by molar-refractivity contribution is 5.97. The highest BCUT2D eigenvalue weighted by Gasteiger charge is 2.25. The molecule has 0 atom stereocenters. The average molecular weight is 381 g/mol. The summed E-state index contributed by atoms with van der Waals surface area (Å²) < 4.78 is 0. The molecule has 1 aromatic carbocycles. The smallest absolute Gasteiger partial charge is 0.266 e. The van der Waals surface area contributed by atoms with Gasteiger partial charge in [-0.2, -0.15) is 5.26 Å². The van der Waals surface area contributed by atoms with Gasteiger partial charge in [0.25, 0.3) is 5.91 Å². The molecule has 148 valence electrons. The summed E-state index contributed by atoms with van der Waals surface area (Å²) in [6.45, 7) is 7.83. The Labute approximate surface area is 166 Å². The fourth-order valence-corrected chi connectivity index (χ4v) is 3.60. The molecule has 0 spiro atoms. The molecule has 0 N–H and O–H groups in total. The maximum atomic E-state index is 12.8. The topological polar surface area (TPSA) is 70.9 Å². The van der Waals surface area contributed by atoms with Crippen LogP contribution in [0.15, 0.2) is 42.1 Å². The van der Waals surface area contributed by atoms with Gasteiger partial charge in [-0.3, -0.25) is 14.5 Å². The van der Waals surface area contributed by atoms with Crippen LogP contribution in [0.25, 0.3) is 0 Å². The molecule has 0 radical (unpaired) electrons. The summed E-state index contributed by atoms with van der Waals surface area (Å²) >= 11 is 0. The van der Waals surface area contributed by atoms with Gasteiger partial charge in [-0.25, -0.2) is 0 Å². The minimum Gasteiger partial charge on any atom is -0.373 e. The molecular formula is C21H27N5O2. The Morgan fingerprint density at radius 2 is 1.57 bits per heavy atom. The van der Waals surface area contributed by atoms with Crippen molar-refractivity contribution in [2.24, 2.45) is 0 Å². The Bertz CT molecular complexity index is 755. The van der Waals surface area contributed by atoms with Gasteiger partial charge < -0.3 is 14.7 Å². The van der Waals surface area contributed by atoms with E-state index in [0.29, 0.717) is 39.3 Å². The molecule has 2 amide bonds. The van der Waals surface area contributed by atoms with Crippen molar-refractivity contribution in [3.8, 4) is 6.07 Å². The second-order valence-corrected chi connectivity index (χ2v) is 7.25. The van der Waals surface area contributed by atoms with E-state index in [2.05, 4.69) is 23.1 Å². The maximum Gasteiger partial charge on any atom is 0.266 e. The summed E-state index contributed by atoms with van der Waals surface area (Å²) in [5.41, 5.74) is 1.44. The number of rotatable bonds is 4. The fourth-order valence-electron chi connectivity index (χ4n) is 3.60. The Morgan fingerprint density at radius 3 is 2.14 bits per heavy atom. The minimum atomic E-state index is -0.198. The molecule has 0 saturated carbocycles. The molecule has 0 aliphatic carbocycles. The van der Waals surface area contributed by atoms with Crippen molar-refractivity contribution in [2.45, 2.75) is 13.5 Å². The van der Waals surface area contributed by atoms with E-state index in [1.807, 2.05) is 23.1 Å². The van der Waals surface area contributed by atoms with Crippen molar-refractivity contribution < 1.29 is 9.59 Å². The van der Waals surface area contributed by atoms with Crippen LogP contribution in [0.1, 0.15) is 12.5 Å². The number of piperazine rings is 2. The van der Waals surface area contributed by atoms with Crippen molar-refractivity contribution in [1.82, 2.24) is 19.6 Å². The van der Waals surface area contributed by atoms with Gasteiger partial charge in [0.1, 0.15) is 11.6 Å². The van der Waals surface area contributed by atoms with Gasteiger partial charge in [-0.1, -0.05) is 30.3 Å². The Balaban J connectivity index is 1.52. The predicted molar refractivity (Wildman–Crippen MR) is 106 cm³/mol. The lowest BCUT2D eigenvalue weighted by Gasteiger charge is -2.35. The number of hydrogen-bond acceptors (Lipinski definition) is 5. The Kier molecular flexibility index (Phi) is 6.66. The highest BCUT2D eigenvalue weighted by Crippen LogP contribution is 2.12. The van der Waals surface area contributed by atoms with E-state index in [4.69, 9.17) is 0 Å². The van der Waals surface area contributed by atoms with Gasteiger partial charge in [0, 0.05) is 72.0 Å². The normalized spacial score (nSPS) is 18.7. The SMILES string of the molecule is CC(=O)N1CCN(/C=C(/C#N)C(=O)N2CCN(Cc3ccccc3)CC2)CC1. The first-order valence-corrected chi connectivity index (χ1v) is 9.74. The van der Waals surface area contributed by atoms with Gasteiger partial charge in [-0.15, -0.1) is 0 Å². The van der Waals surface area contributed by atoms with E-state index < -0.39 is 0 Å². The Morgan fingerprint density at radius 1 is 0.964 bits per heavy atom. The standard InChI is InChI=1S/C21H27N5O2/c1-18(27)25-11-7-24(8-12-25)17-20(15-22)21(28)26-13-9-23(10-14-26)16-19-5-3-2-4-6-19/h2-6,17H,7-14,16H2,1H3/b20-17-. The van der Waals surface area contributed by atoms with E-state index in [9.17, 15) is 14.9 Å². The summed E-state index contributed by atoms with van der Waals surface area (Å²) in [4.78, 5) is 32.0. The van der Waals surface area contributed by atoms with Crippen molar-refractivity contribution >= 4 is 11.8 Å². The number of hydrogen-bond donors (Lipinski definition) is 0. The van der Waals surface area contributed by atoms with Crippen LogP contribution in [0.2, 0.25) is 0 Å². The lowest BCUT2D eigenvalue weighted by molar-refractivity contribution is -0.130. The van der Waals surface area contributed by atoms with Gasteiger partial charge >= 0.3 is 0 Å². The lowest BCUT2D eigenvalue weighted by atomic mass is 10.2. The third kappa shape index (κ3) is 5.11. The molecule has 2 fully saturated rings. The van der Waals surface area contributed by atoms with Crippen LogP contribution in [-0.4, -0.2) is 83.8 Å². The fraction of sp³-hybridized carbons (Fsp3) is 0.476. The van der Waals surface area contributed by atoms with E-state index in [-0.39, 0.29) is 17.4 Å². The van der Waals surface area contributed by atoms with E-state index in [0.717, 1.165) is 19.6 Å². The molecule has 28 heavy (non-hydrogen) atoms. The predicted octanol–water partition coefficient (Wildman–Crippen LogP) is 0.902. The summed E-state index contributed by atoms with van der Waals surface area (Å²) in [6, 6.07) is 12.4. The Hall–Kier alpha value is -2.85. The van der Waals surface area contributed by atoms with Gasteiger partial charge in [0.05, 0.1) is 0 Å². The average Bonchev–Trinajstić information content (AvgIpc) is 2.73. The van der Waals surface area contributed by atoms with Crippen LogP contribution in [0.5, 0.6) is 0 Å². The molecule has 7 heteroatoms. The molecule has 1 aromatic rings. The zero-order chi connectivity index (χ0) is 19.9. The molecule has 3 rings (SSSR count). The molecule has 0 bridgehead atoms. The van der Waals surface area contributed by atoms with Crippen LogP contribution in [0.4, 0.5) is 0 Å². The summed E-state index contributed by atoms with van der Waals surface area (Å²) in [6.07, 6.45) is 1.66. The van der Waals surface area contributed by atoms with Gasteiger partial charge in [-0.05, 0) is 5.56 Å². The van der Waals surface area contributed by atoms with Crippen LogP contribution in [0.3, 0.4) is 0 Å². The van der Waals surface area contributed by atoms with Crippen LogP contribution in [0, 0.1) is 11.3 Å². The number of nitriles is 1. The molecule has 7 nitrogen and oxygen atoms in total. The maximum absolute atomic E-state index is 12.8. The number of benzene rings is 1.